The number of amides is 1. The average molecular weight is 308 g/mol. The van der Waals surface area contributed by atoms with Crippen molar-refractivity contribution in [1.29, 1.82) is 0 Å². The van der Waals surface area contributed by atoms with Crippen molar-refractivity contribution < 1.29 is 4.79 Å². The molecule has 2 heterocycles. The van der Waals surface area contributed by atoms with Crippen LogP contribution >= 0.6 is 23.5 Å². The molecule has 2 aliphatic heterocycles. The predicted molar refractivity (Wildman–Crippen MR) is 87.2 cm³/mol. The van der Waals surface area contributed by atoms with Gasteiger partial charge in [0.25, 0.3) is 5.91 Å². The topological polar surface area (TPSA) is 46.3 Å². The van der Waals surface area contributed by atoms with Gasteiger partial charge in [0, 0.05) is 36.2 Å². The summed E-state index contributed by atoms with van der Waals surface area (Å²) in [7, 11) is 0. The molecule has 3 nitrogen and oxygen atoms in total. The fourth-order valence-corrected chi connectivity index (χ4v) is 5.57. The monoisotopic (exact) mass is 308 g/mol. The number of likely N-dealkylation sites (tertiary alicyclic amines) is 1. The Bertz CT molecular complexity index is 471. The van der Waals surface area contributed by atoms with E-state index in [1.807, 2.05) is 40.6 Å². The van der Waals surface area contributed by atoms with Crippen molar-refractivity contribution in [3.05, 3.63) is 35.4 Å². The van der Waals surface area contributed by atoms with Crippen LogP contribution in [0.2, 0.25) is 0 Å². The van der Waals surface area contributed by atoms with Gasteiger partial charge in [-0.2, -0.15) is 0 Å². The molecule has 20 heavy (non-hydrogen) atoms. The zero-order chi connectivity index (χ0) is 13.9. The number of thioether (sulfide) groups is 2. The summed E-state index contributed by atoms with van der Waals surface area (Å²) in [4.78, 5) is 14.3. The van der Waals surface area contributed by atoms with Gasteiger partial charge in [0.2, 0.25) is 0 Å². The van der Waals surface area contributed by atoms with Crippen molar-refractivity contribution in [3.8, 4) is 0 Å². The Morgan fingerprint density at radius 2 is 1.90 bits per heavy atom. The highest BCUT2D eigenvalue weighted by Gasteiger charge is 2.23. The van der Waals surface area contributed by atoms with E-state index in [9.17, 15) is 4.79 Å². The summed E-state index contributed by atoms with van der Waals surface area (Å²) >= 11 is 3.98. The summed E-state index contributed by atoms with van der Waals surface area (Å²) in [6.07, 6.45) is 2.04. The number of nitrogens with zero attached hydrogens (tertiary/aromatic N) is 1. The molecule has 1 atom stereocenters. The zero-order valence-corrected chi connectivity index (χ0v) is 13.1. The molecule has 3 rings (SSSR count). The van der Waals surface area contributed by atoms with E-state index in [0.717, 1.165) is 24.9 Å². The quantitative estimate of drug-likeness (QED) is 0.912. The molecule has 0 saturated carbocycles. The van der Waals surface area contributed by atoms with Crippen LogP contribution in [0, 0.1) is 0 Å². The summed E-state index contributed by atoms with van der Waals surface area (Å²) in [5, 5.41) is 0. The standard InChI is InChI=1S/C15H20N2OS2/c16-13-2-1-7-17(10-13)14(18)11-3-5-12(6-4-11)15-19-8-9-20-15/h3-6,13,15H,1-2,7-10,16H2. The van der Waals surface area contributed by atoms with E-state index in [1.165, 1.54) is 17.1 Å². The molecule has 2 N–H and O–H groups in total. The van der Waals surface area contributed by atoms with Gasteiger partial charge in [-0.05, 0) is 30.5 Å². The normalized spacial score (nSPS) is 24.1. The minimum atomic E-state index is 0.124. The van der Waals surface area contributed by atoms with Gasteiger partial charge in [0.15, 0.2) is 0 Å². The Kier molecular flexibility index (Phi) is 4.58. The van der Waals surface area contributed by atoms with E-state index in [2.05, 4.69) is 12.1 Å². The second-order valence-corrected chi connectivity index (χ2v) is 8.07. The van der Waals surface area contributed by atoms with Crippen molar-refractivity contribution in [1.82, 2.24) is 4.90 Å². The van der Waals surface area contributed by atoms with Gasteiger partial charge in [0.1, 0.15) is 0 Å². The van der Waals surface area contributed by atoms with E-state index in [4.69, 9.17) is 5.73 Å². The SMILES string of the molecule is NC1CCCN(C(=O)c2ccc(C3SCCS3)cc2)C1. The number of benzene rings is 1. The molecule has 0 spiro atoms. The number of nitrogens with two attached hydrogens (primary N) is 1. The first-order valence-corrected chi connectivity index (χ1v) is 9.22. The van der Waals surface area contributed by atoms with Crippen LogP contribution in [0.3, 0.4) is 0 Å². The molecule has 5 heteroatoms. The molecule has 108 valence electrons. The van der Waals surface area contributed by atoms with Crippen LogP contribution in [-0.2, 0) is 0 Å². The third-order valence-corrected chi connectivity index (χ3v) is 6.90. The van der Waals surface area contributed by atoms with Gasteiger partial charge in [-0.1, -0.05) is 12.1 Å². The van der Waals surface area contributed by atoms with Crippen LogP contribution in [0.15, 0.2) is 24.3 Å². The van der Waals surface area contributed by atoms with Crippen LogP contribution in [-0.4, -0.2) is 41.4 Å². The van der Waals surface area contributed by atoms with Crippen LogP contribution in [0.1, 0.15) is 33.3 Å². The maximum absolute atomic E-state index is 12.4. The molecular weight excluding hydrogens is 288 g/mol. The van der Waals surface area contributed by atoms with Crippen LogP contribution in [0.5, 0.6) is 0 Å². The highest BCUT2D eigenvalue weighted by molar-refractivity contribution is 8.19. The first-order valence-electron chi connectivity index (χ1n) is 7.12. The summed E-state index contributed by atoms with van der Waals surface area (Å²) < 4.78 is 0.544. The van der Waals surface area contributed by atoms with Gasteiger partial charge in [-0.15, -0.1) is 23.5 Å². The van der Waals surface area contributed by atoms with Gasteiger partial charge < -0.3 is 10.6 Å². The summed E-state index contributed by atoms with van der Waals surface area (Å²) in [6.45, 7) is 1.53. The smallest absolute Gasteiger partial charge is 0.253 e. The van der Waals surface area contributed by atoms with Crippen molar-refractivity contribution in [2.75, 3.05) is 24.6 Å². The molecule has 2 aliphatic rings. The molecule has 1 amide bonds. The van der Waals surface area contributed by atoms with E-state index >= 15 is 0 Å². The molecule has 0 bridgehead atoms. The highest BCUT2D eigenvalue weighted by atomic mass is 32.2. The zero-order valence-electron chi connectivity index (χ0n) is 11.5. The fourth-order valence-electron chi connectivity index (χ4n) is 2.71. The highest BCUT2D eigenvalue weighted by Crippen LogP contribution is 2.45. The van der Waals surface area contributed by atoms with Crippen molar-refractivity contribution in [3.63, 3.8) is 0 Å². The first-order chi connectivity index (χ1) is 9.74. The minimum absolute atomic E-state index is 0.124. The average Bonchev–Trinajstić information content (AvgIpc) is 3.01. The lowest BCUT2D eigenvalue weighted by molar-refractivity contribution is 0.0709. The molecule has 1 aromatic rings. The number of carbonyl (C=O) groups is 1. The number of rotatable bonds is 2. The molecule has 0 aromatic heterocycles. The molecule has 1 aromatic carbocycles. The second kappa shape index (κ2) is 6.41. The largest absolute Gasteiger partial charge is 0.337 e. The Balaban J connectivity index is 1.68. The molecule has 0 aliphatic carbocycles. The summed E-state index contributed by atoms with van der Waals surface area (Å²) in [6, 6.07) is 8.28. The number of piperidine rings is 1. The van der Waals surface area contributed by atoms with Crippen LogP contribution in [0.4, 0.5) is 0 Å². The van der Waals surface area contributed by atoms with Gasteiger partial charge in [-0.25, -0.2) is 0 Å². The maximum atomic E-state index is 12.4. The maximum Gasteiger partial charge on any atom is 0.253 e. The molecule has 1 unspecified atom stereocenters. The second-order valence-electron chi connectivity index (χ2n) is 5.35. The number of hydrogen-bond donors (Lipinski definition) is 1. The fraction of sp³-hybridized carbons (Fsp3) is 0.533. The lowest BCUT2D eigenvalue weighted by atomic mass is 10.0. The number of hydrogen-bond acceptors (Lipinski definition) is 4. The van der Waals surface area contributed by atoms with Crippen LogP contribution < -0.4 is 5.73 Å². The van der Waals surface area contributed by atoms with Gasteiger partial charge >= 0.3 is 0 Å². The van der Waals surface area contributed by atoms with Crippen LogP contribution in [0.25, 0.3) is 0 Å². The Morgan fingerprint density at radius 1 is 1.20 bits per heavy atom. The minimum Gasteiger partial charge on any atom is -0.337 e. The molecule has 2 fully saturated rings. The van der Waals surface area contributed by atoms with Crippen molar-refractivity contribution in [2.45, 2.75) is 23.5 Å². The van der Waals surface area contributed by atoms with Crippen molar-refractivity contribution >= 4 is 29.4 Å². The van der Waals surface area contributed by atoms with Gasteiger partial charge in [0.05, 0.1) is 4.58 Å². The van der Waals surface area contributed by atoms with E-state index < -0.39 is 0 Å². The first kappa shape index (κ1) is 14.3. The Morgan fingerprint density at radius 3 is 2.55 bits per heavy atom. The van der Waals surface area contributed by atoms with E-state index in [0.29, 0.717) is 11.1 Å². The lowest BCUT2D eigenvalue weighted by Crippen LogP contribution is -2.45. The Hall–Kier alpha value is -0.650. The van der Waals surface area contributed by atoms with Gasteiger partial charge in [-0.3, -0.25) is 4.79 Å². The summed E-state index contributed by atoms with van der Waals surface area (Å²) in [5.74, 6) is 2.57. The number of carbonyl (C=O) groups excluding carboxylic acids is 1. The predicted octanol–water partition coefficient (Wildman–Crippen LogP) is 2.73. The third kappa shape index (κ3) is 3.15. The molecular formula is C15H20N2OS2. The van der Waals surface area contributed by atoms with E-state index in [1.54, 1.807) is 0 Å². The molecule has 2 saturated heterocycles. The van der Waals surface area contributed by atoms with E-state index in [-0.39, 0.29) is 11.9 Å². The van der Waals surface area contributed by atoms with Crippen molar-refractivity contribution in [2.24, 2.45) is 5.73 Å². The third-order valence-electron chi connectivity index (χ3n) is 3.80. The Labute approximate surface area is 128 Å². The summed E-state index contributed by atoms with van der Waals surface area (Å²) in [5.41, 5.74) is 8.06. The molecule has 0 radical (unpaired) electrons. The lowest BCUT2D eigenvalue weighted by Gasteiger charge is -2.30.